The van der Waals surface area contributed by atoms with E-state index >= 15 is 0 Å². The number of halogens is 1. The van der Waals surface area contributed by atoms with Crippen molar-refractivity contribution in [3.63, 3.8) is 0 Å². The van der Waals surface area contributed by atoms with Gasteiger partial charge in [-0.15, -0.1) is 11.3 Å². The van der Waals surface area contributed by atoms with E-state index in [2.05, 4.69) is 4.98 Å². The molecule has 1 aromatic heterocycles. The number of anilines is 1. The molecule has 2 nitrogen and oxygen atoms in total. The van der Waals surface area contributed by atoms with Crippen molar-refractivity contribution in [2.75, 3.05) is 5.73 Å². The highest BCUT2D eigenvalue weighted by atomic mass is 35.5. The fourth-order valence-electron chi connectivity index (χ4n) is 1.19. The van der Waals surface area contributed by atoms with Gasteiger partial charge in [-0.05, 0) is 25.1 Å². The van der Waals surface area contributed by atoms with Gasteiger partial charge in [0.25, 0.3) is 0 Å². The average molecular weight is 225 g/mol. The third-order valence-electron chi connectivity index (χ3n) is 1.86. The van der Waals surface area contributed by atoms with Crippen molar-refractivity contribution in [3.05, 3.63) is 34.3 Å². The van der Waals surface area contributed by atoms with E-state index in [1.54, 1.807) is 23.5 Å². The number of rotatable bonds is 1. The van der Waals surface area contributed by atoms with Gasteiger partial charge in [0.15, 0.2) is 0 Å². The molecule has 14 heavy (non-hydrogen) atoms. The molecule has 0 atom stereocenters. The van der Waals surface area contributed by atoms with Gasteiger partial charge in [-0.1, -0.05) is 11.6 Å². The van der Waals surface area contributed by atoms with Crippen molar-refractivity contribution in [3.8, 4) is 10.6 Å². The van der Waals surface area contributed by atoms with Crippen LogP contribution in [-0.4, -0.2) is 4.98 Å². The Morgan fingerprint density at radius 1 is 1.43 bits per heavy atom. The Kier molecular flexibility index (Phi) is 2.44. The molecule has 4 heteroatoms. The van der Waals surface area contributed by atoms with Crippen LogP contribution in [0.2, 0.25) is 5.02 Å². The second kappa shape index (κ2) is 3.59. The van der Waals surface area contributed by atoms with Crippen molar-refractivity contribution in [2.24, 2.45) is 0 Å². The summed E-state index contributed by atoms with van der Waals surface area (Å²) in [5.41, 5.74) is 8.47. The zero-order valence-corrected chi connectivity index (χ0v) is 9.19. The van der Waals surface area contributed by atoms with Crippen LogP contribution in [0, 0.1) is 6.92 Å². The van der Waals surface area contributed by atoms with E-state index < -0.39 is 0 Å². The van der Waals surface area contributed by atoms with Gasteiger partial charge in [0.1, 0.15) is 5.01 Å². The fraction of sp³-hybridized carbons (Fsp3) is 0.100. The predicted molar refractivity (Wildman–Crippen MR) is 61.7 cm³/mol. The standard InChI is InChI=1S/C10H9ClN2S/c1-6-5-14-10(13-6)8-4-7(11)2-3-9(8)12/h2-5H,12H2,1H3. The first kappa shape index (κ1) is 9.49. The summed E-state index contributed by atoms with van der Waals surface area (Å²) < 4.78 is 0. The number of nitrogens with zero attached hydrogens (tertiary/aromatic N) is 1. The molecule has 0 saturated carbocycles. The first-order valence-corrected chi connectivity index (χ1v) is 5.40. The Bertz CT molecular complexity index is 465. The quantitative estimate of drug-likeness (QED) is 0.755. The minimum absolute atomic E-state index is 0.682. The van der Waals surface area contributed by atoms with Gasteiger partial charge in [-0.25, -0.2) is 4.98 Å². The molecule has 0 spiro atoms. The zero-order chi connectivity index (χ0) is 10.1. The summed E-state index contributed by atoms with van der Waals surface area (Å²) in [5, 5.41) is 3.60. The third kappa shape index (κ3) is 1.74. The Hall–Kier alpha value is -1.06. The molecule has 0 aliphatic heterocycles. The van der Waals surface area contributed by atoms with Gasteiger partial charge < -0.3 is 5.73 Å². The lowest BCUT2D eigenvalue weighted by Crippen LogP contribution is -1.89. The van der Waals surface area contributed by atoms with Gasteiger partial charge >= 0.3 is 0 Å². The molecule has 2 rings (SSSR count). The average Bonchev–Trinajstić information content (AvgIpc) is 2.56. The smallest absolute Gasteiger partial charge is 0.125 e. The minimum Gasteiger partial charge on any atom is -0.398 e. The van der Waals surface area contributed by atoms with Crippen molar-refractivity contribution < 1.29 is 0 Å². The van der Waals surface area contributed by atoms with Crippen molar-refractivity contribution in [1.29, 1.82) is 0 Å². The molecule has 0 radical (unpaired) electrons. The maximum absolute atomic E-state index is 5.89. The van der Waals surface area contributed by atoms with Crippen molar-refractivity contribution in [2.45, 2.75) is 6.92 Å². The summed E-state index contributed by atoms with van der Waals surface area (Å²) >= 11 is 7.47. The summed E-state index contributed by atoms with van der Waals surface area (Å²) in [6.45, 7) is 1.96. The molecule has 1 heterocycles. The minimum atomic E-state index is 0.682. The first-order chi connectivity index (χ1) is 6.66. The molecule has 2 N–H and O–H groups in total. The molecule has 0 saturated heterocycles. The van der Waals surface area contributed by atoms with E-state index in [-0.39, 0.29) is 0 Å². The van der Waals surface area contributed by atoms with Crippen LogP contribution >= 0.6 is 22.9 Å². The van der Waals surface area contributed by atoms with E-state index in [0.29, 0.717) is 10.7 Å². The predicted octanol–water partition coefficient (Wildman–Crippen LogP) is 3.35. The molecule has 1 aromatic carbocycles. The lowest BCUT2D eigenvalue weighted by atomic mass is 10.2. The van der Waals surface area contributed by atoms with Crippen LogP contribution in [0.4, 0.5) is 5.69 Å². The van der Waals surface area contributed by atoms with Gasteiger partial charge in [-0.3, -0.25) is 0 Å². The fourth-order valence-corrected chi connectivity index (χ4v) is 2.20. The van der Waals surface area contributed by atoms with Crippen LogP contribution in [-0.2, 0) is 0 Å². The molecule has 0 bridgehead atoms. The van der Waals surface area contributed by atoms with Crippen molar-refractivity contribution in [1.82, 2.24) is 4.98 Å². The number of nitrogens with two attached hydrogens (primary N) is 1. The number of nitrogen functional groups attached to an aromatic ring is 1. The maximum atomic E-state index is 5.89. The molecule has 72 valence electrons. The highest BCUT2D eigenvalue weighted by Crippen LogP contribution is 2.30. The van der Waals surface area contributed by atoms with E-state index in [9.17, 15) is 0 Å². The SMILES string of the molecule is Cc1csc(-c2cc(Cl)ccc2N)n1. The lowest BCUT2D eigenvalue weighted by Gasteiger charge is -2.01. The number of hydrogen-bond donors (Lipinski definition) is 1. The first-order valence-electron chi connectivity index (χ1n) is 4.14. The van der Waals surface area contributed by atoms with Gasteiger partial charge in [0.2, 0.25) is 0 Å². The van der Waals surface area contributed by atoms with Gasteiger partial charge in [-0.2, -0.15) is 0 Å². The largest absolute Gasteiger partial charge is 0.398 e. The van der Waals surface area contributed by atoms with E-state index in [0.717, 1.165) is 16.3 Å². The monoisotopic (exact) mass is 224 g/mol. The lowest BCUT2D eigenvalue weighted by molar-refractivity contribution is 1.27. The molecular weight excluding hydrogens is 216 g/mol. The number of aromatic nitrogens is 1. The van der Waals surface area contributed by atoms with Crippen molar-refractivity contribution >= 4 is 28.6 Å². The molecular formula is C10H9ClN2S. The molecule has 0 fully saturated rings. The number of hydrogen-bond acceptors (Lipinski definition) is 3. The van der Waals surface area contributed by atoms with Crippen LogP contribution in [0.15, 0.2) is 23.6 Å². The Morgan fingerprint density at radius 3 is 2.86 bits per heavy atom. The third-order valence-corrected chi connectivity index (χ3v) is 3.09. The van der Waals surface area contributed by atoms with Crippen LogP contribution in [0.3, 0.4) is 0 Å². The molecule has 2 aromatic rings. The van der Waals surface area contributed by atoms with Crippen LogP contribution in [0.25, 0.3) is 10.6 Å². The summed E-state index contributed by atoms with van der Waals surface area (Å²) in [5.74, 6) is 0. The summed E-state index contributed by atoms with van der Waals surface area (Å²) in [6.07, 6.45) is 0. The Morgan fingerprint density at radius 2 is 2.21 bits per heavy atom. The van der Waals surface area contributed by atoms with Crippen LogP contribution < -0.4 is 5.73 Å². The normalized spacial score (nSPS) is 10.4. The number of aryl methyl sites for hydroxylation is 1. The van der Waals surface area contributed by atoms with E-state index in [4.69, 9.17) is 17.3 Å². The molecule has 0 aliphatic carbocycles. The van der Waals surface area contributed by atoms with E-state index in [1.165, 1.54) is 0 Å². The second-order valence-electron chi connectivity index (χ2n) is 3.03. The second-order valence-corrected chi connectivity index (χ2v) is 4.32. The highest BCUT2D eigenvalue weighted by Gasteiger charge is 2.06. The summed E-state index contributed by atoms with van der Waals surface area (Å²) in [4.78, 5) is 4.36. The summed E-state index contributed by atoms with van der Waals surface area (Å²) in [6, 6.07) is 5.42. The number of benzene rings is 1. The Labute approximate surface area is 91.4 Å². The summed E-state index contributed by atoms with van der Waals surface area (Å²) in [7, 11) is 0. The highest BCUT2D eigenvalue weighted by molar-refractivity contribution is 7.13. The maximum Gasteiger partial charge on any atom is 0.125 e. The Balaban J connectivity index is 2.55. The van der Waals surface area contributed by atoms with Gasteiger partial charge in [0.05, 0.1) is 0 Å². The van der Waals surface area contributed by atoms with E-state index in [1.807, 2.05) is 18.4 Å². The zero-order valence-electron chi connectivity index (χ0n) is 7.62. The van der Waals surface area contributed by atoms with Crippen LogP contribution in [0.5, 0.6) is 0 Å². The topological polar surface area (TPSA) is 38.9 Å². The molecule has 0 unspecified atom stereocenters. The molecule has 0 amide bonds. The van der Waals surface area contributed by atoms with Gasteiger partial charge in [0, 0.05) is 27.3 Å². The van der Waals surface area contributed by atoms with Crippen LogP contribution in [0.1, 0.15) is 5.69 Å². The number of thiazole rings is 1. The molecule has 0 aliphatic rings.